The molecule has 0 bridgehead atoms. The number of nitrogens with zero attached hydrogens (tertiary/aromatic N) is 1. The third-order valence-electron chi connectivity index (χ3n) is 4.38. The van der Waals surface area contributed by atoms with Gasteiger partial charge in [-0.3, -0.25) is 14.6 Å². The second-order valence-electron chi connectivity index (χ2n) is 6.00. The molecule has 0 saturated carbocycles. The van der Waals surface area contributed by atoms with Gasteiger partial charge in [0.25, 0.3) is 0 Å². The minimum atomic E-state index is -0.376. The Morgan fingerprint density at radius 2 is 1.42 bits per heavy atom. The van der Waals surface area contributed by atoms with E-state index in [1.54, 1.807) is 24.3 Å². The van der Waals surface area contributed by atoms with Gasteiger partial charge in [-0.25, -0.2) is 0 Å². The molecule has 2 aromatic carbocycles. The Morgan fingerprint density at radius 3 is 2.00 bits per heavy atom. The number of hydrogen-bond acceptors (Lipinski definition) is 3. The molecule has 2 aromatic rings. The third-order valence-corrected chi connectivity index (χ3v) is 4.38. The summed E-state index contributed by atoms with van der Waals surface area (Å²) in [6, 6.07) is 18.3. The van der Waals surface area contributed by atoms with E-state index in [0.717, 1.165) is 5.71 Å². The fourth-order valence-electron chi connectivity index (χ4n) is 3.02. The highest BCUT2D eigenvalue weighted by atomic mass is 16.1. The molecule has 1 aliphatic rings. The van der Waals surface area contributed by atoms with E-state index in [9.17, 15) is 9.59 Å². The van der Waals surface area contributed by atoms with Gasteiger partial charge in [0.2, 0.25) is 0 Å². The molecular weight excluding hydrogens is 298 g/mol. The van der Waals surface area contributed by atoms with Crippen LogP contribution in [0.15, 0.2) is 76.9 Å². The molecule has 0 fully saturated rings. The van der Waals surface area contributed by atoms with Crippen LogP contribution in [-0.2, 0) is 0 Å². The van der Waals surface area contributed by atoms with E-state index in [1.165, 1.54) is 0 Å². The highest BCUT2D eigenvalue weighted by Gasteiger charge is 2.30. The minimum absolute atomic E-state index is 0.0164. The van der Waals surface area contributed by atoms with Gasteiger partial charge >= 0.3 is 0 Å². The Morgan fingerprint density at radius 1 is 0.875 bits per heavy atom. The van der Waals surface area contributed by atoms with E-state index < -0.39 is 0 Å². The van der Waals surface area contributed by atoms with Gasteiger partial charge in [0.1, 0.15) is 0 Å². The lowest BCUT2D eigenvalue weighted by molar-refractivity contribution is 0.0948. The van der Waals surface area contributed by atoms with Crippen molar-refractivity contribution in [1.29, 1.82) is 0 Å². The number of ketones is 2. The lowest BCUT2D eigenvalue weighted by Crippen LogP contribution is -2.27. The van der Waals surface area contributed by atoms with Crippen LogP contribution in [0, 0.1) is 5.92 Å². The summed E-state index contributed by atoms with van der Waals surface area (Å²) in [6.45, 7) is 3.70. The molecule has 0 aliphatic carbocycles. The van der Waals surface area contributed by atoms with Crippen LogP contribution in [0.4, 0.5) is 0 Å². The topological polar surface area (TPSA) is 46.5 Å². The second-order valence-corrected chi connectivity index (χ2v) is 6.00. The zero-order valence-corrected chi connectivity index (χ0v) is 13.8. The van der Waals surface area contributed by atoms with Crippen LogP contribution in [0.5, 0.6) is 0 Å². The lowest BCUT2D eigenvalue weighted by atomic mass is 9.83. The number of carbonyl (C=O) groups is 2. The van der Waals surface area contributed by atoms with Crippen molar-refractivity contribution < 1.29 is 9.59 Å². The molecule has 3 heteroatoms. The Labute approximate surface area is 141 Å². The Hall–Kier alpha value is -2.81. The van der Waals surface area contributed by atoms with Crippen LogP contribution in [0.2, 0.25) is 0 Å². The highest BCUT2D eigenvalue weighted by molar-refractivity contribution is 6.16. The van der Waals surface area contributed by atoms with Gasteiger partial charge in [-0.05, 0) is 20.3 Å². The van der Waals surface area contributed by atoms with Crippen molar-refractivity contribution in [2.45, 2.75) is 20.3 Å². The van der Waals surface area contributed by atoms with Crippen molar-refractivity contribution in [3.63, 3.8) is 0 Å². The summed E-state index contributed by atoms with van der Waals surface area (Å²) in [5, 5.41) is 0. The molecule has 120 valence electrons. The number of benzene rings is 2. The Kier molecular flexibility index (Phi) is 4.52. The number of rotatable bonds is 4. The molecule has 1 unspecified atom stereocenters. The van der Waals surface area contributed by atoms with Gasteiger partial charge in [0.15, 0.2) is 11.6 Å². The van der Waals surface area contributed by atoms with Gasteiger partial charge < -0.3 is 0 Å². The van der Waals surface area contributed by atoms with Gasteiger partial charge in [-0.15, -0.1) is 0 Å². The summed E-state index contributed by atoms with van der Waals surface area (Å²) < 4.78 is 0. The average molecular weight is 317 g/mol. The maximum Gasteiger partial charge on any atom is 0.190 e. The number of hydrogen-bond donors (Lipinski definition) is 0. The summed E-state index contributed by atoms with van der Waals surface area (Å²) in [7, 11) is 0. The molecule has 0 aromatic heterocycles. The number of carbonyl (C=O) groups excluding carboxylic acids is 2. The maximum atomic E-state index is 12.8. The smallest absolute Gasteiger partial charge is 0.190 e. The van der Waals surface area contributed by atoms with E-state index in [-0.39, 0.29) is 17.5 Å². The summed E-state index contributed by atoms with van der Waals surface area (Å²) in [4.78, 5) is 30.1. The molecule has 3 rings (SSSR count). The number of Topliss-reactive ketones (excluding diaryl/α,β-unsaturated/α-hetero) is 2. The Bertz CT molecular complexity index is 833. The zero-order chi connectivity index (χ0) is 17.1. The zero-order valence-electron chi connectivity index (χ0n) is 13.8. The largest absolute Gasteiger partial charge is 0.293 e. The van der Waals surface area contributed by atoms with E-state index in [0.29, 0.717) is 28.8 Å². The molecule has 1 atom stereocenters. The van der Waals surface area contributed by atoms with Crippen molar-refractivity contribution in [2.24, 2.45) is 10.9 Å². The number of allylic oxidation sites excluding steroid dienone is 2. The van der Waals surface area contributed by atoms with Crippen molar-refractivity contribution in [1.82, 2.24) is 0 Å². The first-order valence-electron chi connectivity index (χ1n) is 8.02. The normalized spacial score (nSPS) is 17.4. The standard InChI is InChI=1S/C21H19NO2/c1-14-18(20(23)16-9-5-3-6-10-16)13-19(15(2)22-14)21(24)17-11-7-4-8-12-17/h3-12,18H,13H2,1-2H3. The van der Waals surface area contributed by atoms with Crippen molar-refractivity contribution in [3.05, 3.63) is 83.1 Å². The van der Waals surface area contributed by atoms with Crippen LogP contribution >= 0.6 is 0 Å². The lowest BCUT2D eigenvalue weighted by Gasteiger charge is -2.23. The molecule has 0 saturated heterocycles. The summed E-state index contributed by atoms with van der Waals surface area (Å²) in [6.07, 6.45) is 0.405. The molecule has 0 spiro atoms. The first-order chi connectivity index (χ1) is 11.6. The second kappa shape index (κ2) is 6.75. The summed E-state index contributed by atoms with van der Waals surface area (Å²) in [5.74, 6) is -0.406. The first-order valence-corrected chi connectivity index (χ1v) is 8.02. The highest BCUT2D eigenvalue weighted by Crippen LogP contribution is 2.29. The van der Waals surface area contributed by atoms with Gasteiger partial charge in [0.05, 0.1) is 5.92 Å². The fourth-order valence-corrected chi connectivity index (χ4v) is 3.02. The molecule has 1 aliphatic heterocycles. The summed E-state index contributed by atoms with van der Waals surface area (Å²) >= 11 is 0. The molecule has 1 heterocycles. The molecule has 24 heavy (non-hydrogen) atoms. The van der Waals surface area contributed by atoms with Crippen molar-refractivity contribution in [2.75, 3.05) is 0 Å². The van der Waals surface area contributed by atoms with Crippen molar-refractivity contribution in [3.8, 4) is 0 Å². The first kappa shape index (κ1) is 16.1. The molecule has 0 radical (unpaired) electrons. The van der Waals surface area contributed by atoms with Crippen LogP contribution in [0.25, 0.3) is 0 Å². The van der Waals surface area contributed by atoms with Crippen LogP contribution in [0.1, 0.15) is 41.0 Å². The average Bonchev–Trinajstić information content (AvgIpc) is 2.62. The molecular formula is C21H19NO2. The quantitative estimate of drug-likeness (QED) is 0.779. The van der Waals surface area contributed by atoms with Crippen molar-refractivity contribution >= 4 is 17.3 Å². The molecule has 0 amide bonds. The van der Waals surface area contributed by atoms with E-state index in [2.05, 4.69) is 4.99 Å². The van der Waals surface area contributed by atoms with E-state index in [1.807, 2.05) is 50.2 Å². The van der Waals surface area contributed by atoms with Crippen LogP contribution < -0.4 is 0 Å². The minimum Gasteiger partial charge on any atom is -0.293 e. The third kappa shape index (κ3) is 3.11. The predicted molar refractivity (Wildman–Crippen MR) is 95.5 cm³/mol. The van der Waals surface area contributed by atoms with Crippen LogP contribution in [0.3, 0.4) is 0 Å². The van der Waals surface area contributed by atoms with Gasteiger partial charge in [-0.2, -0.15) is 0 Å². The van der Waals surface area contributed by atoms with Gasteiger partial charge in [0, 0.05) is 28.1 Å². The SMILES string of the molecule is CC1=NC(C)=C(C(=O)c2ccccc2)CC1C(=O)c1ccccc1. The summed E-state index contributed by atoms with van der Waals surface area (Å²) in [5.41, 5.74) is 3.39. The van der Waals surface area contributed by atoms with Crippen LogP contribution in [-0.4, -0.2) is 17.3 Å². The predicted octanol–water partition coefficient (Wildman–Crippen LogP) is 4.51. The Balaban J connectivity index is 1.91. The number of aliphatic imine (C=N–C) groups is 1. The molecule has 0 N–H and O–H groups in total. The maximum absolute atomic E-state index is 12.8. The van der Waals surface area contributed by atoms with E-state index in [4.69, 9.17) is 0 Å². The fraction of sp³-hybridized carbons (Fsp3) is 0.190. The van der Waals surface area contributed by atoms with E-state index >= 15 is 0 Å². The monoisotopic (exact) mass is 317 g/mol. The molecule has 3 nitrogen and oxygen atoms in total. The van der Waals surface area contributed by atoms with Gasteiger partial charge in [-0.1, -0.05) is 60.7 Å².